The fourth-order valence-electron chi connectivity index (χ4n) is 2.21. The molecule has 0 spiro atoms. The van der Waals surface area contributed by atoms with Gasteiger partial charge in [-0.1, -0.05) is 18.2 Å². The molecule has 0 heterocycles. The molecule has 2 aromatic carbocycles. The number of ether oxygens (including phenoxy) is 2. The minimum atomic E-state index is -0.614. The smallest absolute Gasteiger partial charge is 0.276 e. The SMILES string of the molecule is C/C=C/c1ccc(OCC(=O)NNC(=O)c2ccc([N+](=O)[O-])cc2)c(OC)c1. The Bertz CT molecular complexity index is 893. The summed E-state index contributed by atoms with van der Waals surface area (Å²) in [4.78, 5) is 33.8. The van der Waals surface area contributed by atoms with Gasteiger partial charge in [0.25, 0.3) is 17.5 Å². The molecular formula is C19H19N3O6. The molecule has 9 heteroatoms. The molecule has 0 aliphatic carbocycles. The number of carbonyl (C=O) groups excluding carboxylic acids is 2. The highest BCUT2D eigenvalue weighted by Gasteiger charge is 2.12. The number of nitro groups is 1. The van der Waals surface area contributed by atoms with Gasteiger partial charge in [-0.2, -0.15) is 0 Å². The fraction of sp³-hybridized carbons (Fsp3) is 0.158. The quantitative estimate of drug-likeness (QED) is 0.558. The lowest BCUT2D eigenvalue weighted by Crippen LogP contribution is -2.43. The largest absolute Gasteiger partial charge is 0.493 e. The Kier molecular flexibility index (Phi) is 7.09. The number of hydrogen-bond donors (Lipinski definition) is 2. The van der Waals surface area contributed by atoms with E-state index >= 15 is 0 Å². The van der Waals surface area contributed by atoms with E-state index in [0.717, 1.165) is 5.56 Å². The molecule has 0 unspecified atom stereocenters. The molecule has 0 saturated heterocycles. The third-order valence-electron chi connectivity index (χ3n) is 3.56. The molecule has 2 amide bonds. The maximum absolute atomic E-state index is 11.9. The second-order valence-corrected chi connectivity index (χ2v) is 5.51. The van der Waals surface area contributed by atoms with Gasteiger partial charge in [0, 0.05) is 17.7 Å². The number of benzene rings is 2. The van der Waals surface area contributed by atoms with Gasteiger partial charge in [0.1, 0.15) is 0 Å². The summed E-state index contributed by atoms with van der Waals surface area (Å²) in [7, 11) is 1.49. The maximum Gasteiger partial charge on any atom is 0.276 e. The van der Waals surface area contributed by atoms with Crippen LogP contribution in [0, 0.1) is 10.1 Å². The summed E-state index contributed by atoms with van der Waals surface area (Å²) in [5.41, 5.74) is 5.36. The third kappa shape index (κ3) is 5.56. The molecule has 2 rings (SSSR count). The summed E-state index contributed by atoms with van der Waals surface area (Å²) in [6.45, 7) is 1.55. The van der Waals surface area contributed by atoms with E-state index in [9.17, 15) is 19.7 Å². The van der Waals surface area contributed by atoms with E-state index in [1.165, 1.54) is 31.4 Å². The molecule has 2 N–H and O–H groups in total. The van der Waals surface area contributed by atoms with Gasteiger partial charge in [0.05, 0.1) is 12.0 Å². The van der Waals surface area contributed by atoms with Crippen LogP contribution in [0.15, 0.2) is 48.5 Å². The summed E-state index contributed by atoms with van der Waals surface area (Å²) < 4.78 is 10.7. The Morgan fingerprint density at radius 1 is 1.11 bits per heavy atom. The van der Waals surface area contributed by atoms with Crippen molar-refractivity contribution in [3.05, 3.63) is 69.8 Å². The Morgan fingerprint density at radius 3 is 2.43 bits per heavy atom. The minimum Gasteiger partial charge on any atom is -0.493 e. The van der Waals surface area contributed by atoms with Crippen molar-refractivity contribution >= 4 is 23.6 Å². The number of amides is 2. The highest BCUT2D eigenvalue weighted by Crippen LogP contribution is 2.28. The van der Waals surface area contributed by atoms with Crippen molar-refractivity contribution in [2.45, 2.75) is 6.92 Å². The summed E-state index contributed by atoms with van der Waals surface area (Å²) in [5.74, 6) is -0.350. The minimum absolute atomic E-state index is 0.136. The lowest BCUT2D eigenvalue weighted by molar-refractivity contribution is -0.384. The van der Waals surface area contributed by atoms with Gasteiger partial charge in [-0.3, -0.25) is 30.6 Å². The van der Waals surface area contributed by atoms with Gasteiger partial charge in [-0.25, -0.2) is 0 Å². The molecule has 0 aromatic heterocycles. The van der Waals surface area contributed by atoms with Gasteiger partial charge in [-0.05, 0) is 36.8 Å². The van der Waals surface area contributed by atoms with Crippen molar-refractivity contribution < 1.29 is 24.0 Å². The summed E-state index contributed by atoms with van der Waals surface area (Å²) >= 11 is 0. The first-order chi connectivity index (χ1) is 13.4. The third-order valence-corrected chi connectivity index (χ3v) is 3.56. The predicted molar refractivity (Wildman–Crippen MR) is 102 cm³/mol. The molecule has 0 radical (unpaired) electrons. The van der Waals surface area contributed by atoms with Gasteiger partial charge in [0.2, 0.25) is 0 Å². The zero-order valence-corrected chi connectivity index (χ0v) is 15.3. The second-order valence-electron chi connectivity index (χ2n) is 5.51. The van der Waals surface area contributed by atoms with E-state index < -0.39 is 16.7 Å². The van der Waals surface area contributed by atoms with Crippen LogP contribution in [-0.4, -0.2) is 30.5 Å². The van der Waals surface area contributed by atoms with Crippen molar-refractivity contribution in [1.82, 2.24) is 10.9 Å². The van der Waals surface area contributed by atoms with Gasteiger partial charge in [0.15, 0.2) is 18.1 Å². The number of nitrogens with zero attached hydrogens (tertiary/aromatic N) is 1. The predicted octanol–water partition coefficient (Wildman–Crippen LogP) is 2.48. The second kappa shape index (κ2) is 9.72. The zero-order valence-electron chi connectivity index (χ0n) is 15.3. The van der Waals surface area contributed by atoms with Crippen LogP contribution >= 0.6 is 0 Å². The Balaban J connectivity index is 1.87. The first-order valence-corrected chi connectivity index (χ1v) is 8.21. The van der Waals surface area contributed by atoms with Crippen LogP contribution in [-0.2, 0) is 4.79 Å². The van der Waals surface area contributed by atoms with Crippen LogP contribution < -0.4 is 20.3 Å². The van der Waals surface area contributed by atoms with Crippen LogP contribution in [0.1, 0.15) is 22.8 Å². The molecule has 2 aromatic rings. The van der Waals surface area contributed by atoms with Gasteiger partial charge in [-0.15, -0.1) is 0 Å². The number of hydrazine groups is 1. The van der Waals surface area contributed by atoms with Crippen molar-refractivity contribution in [2.75, 3.05) is 13.7 Å². The van der Waals surface area contributed by atoms with Crippen molar-refractivity contribution in [3.63, 3.8) is 0 Å². The molecule has 0 aliphatic rings. The number of methoxy groups -OCH3 is 1. The first-order valence-electron chi connectivity index (χ1n) is 8.21. The summed E-state index contributed by atoms with van der Waals surface area (Å²) in [5, 5.41) is 10.6. The first kappa shape index (κ1) is 20.4. The number of non-ortho nitro benzene ring substituents is 1. The van der Waals surface area contributed by atoms with Crippen LogP contribution in [0.3, 0.4) is 0 Å². The molecule has 28 heavy (non-hydrogen) atoms. The van der Waals surface area contributed by atoms with E-state index in [-0.39, 0.29) is 17.9 Å². The molecular weight excluding hydrogens is 366 g/mol. The van der Waals surface area contributed by atoms with E-state index in [2.05, 4.69) is 10.9 Å². The van der Waals surface area contributed by atoms with E-state index in [1.54, 1.807) is 12.1 Å². The maximum atomic E-state index is 11.9. The van der Waals surface area contributed by atoms with Gasteiger partial charge < -0.3 is 9.47 Å². The monoisotopic (exact) mass is 385 g/mol. The van der Waals surface area contributed by atoms with Crippen LogP contribution in [0.4, 0.5) is 5.69 Å². The standard InChI is InChI=1S/C19H19N3O6/c1-3-4-13-5-10-16(17(11-13)27-2)28-12-18(23)20-21-19(24)14-6-8-15(9-7-14)22(25)26/h3-11H,12H2,1-2H3,(H,20,23)(H,21,24)/b4-3+. The summed E-state index contributed by atoms with van der Waals surface area (Å²) in [6, 6.07) is 10.2. The average Bonchev–Trinajstić information content (AvgIpc) is 2.71. The zero-order chi connectivity index (χ0) is 20.5. The van der Waals surface area contributed by atoms with E-state index in [1.807, 2.05) is 25.1 Å². The van der Waals surface area contributed by atoms with Crippen molar-refractivity contribution in [1.29, 1.82) is 0 Å². The number of nitro benzene ring substituents is 1. The Morgan fingerprint density at radius 2 is 1.82 bits per heavy atom. The van der Waals surface area contributed by atoms with Crippen molar-refractivity contribution in [2.24, 2.45) is 0 Å². The Labute approximate surface area is 161 Å². The van der Waals surface area contributed by atoms with Crippen LogP contribution in [0.5, 0.6) is 11.5 Å². The van der Waals surface area contributed by atoms with E-state index in [4.69, 9.17) is 9.47 Å². The van der Waals surface area contributed by atoms with E-state index in [0.29, 0.717) is 11.5 Å². The lowest BCUT2D eigenvalue weighted by Gasteiger charge is -2.12. The molecule has 0 fully saturated rings. The normalized spacial score (nSPS) is 10.4. The molecule has 0 aliphatic heterocycles. The average molecular weight is 385 g/mol. The number of allylic oxidation sites excluding steroid dienone is 1. The highest BCUT2D eigenvalue weighted by atomic mass is 16.6. The molecule has 0 saturated carbocycles. The number of nitrogens with one attached hydrogen (secondary N) is 2. The highest BCUT2D eigenvalue weighted by molar-refractivity contribution is 5.95. The molecule has 0 bridgehead atoms. The fourth-order valence-corrected chi connectivity index (χ4v) is 2.21. The Hall–Kier alpha value is -3.88. The van der Waals surface area contributed by atoms with Crippen LogP contribution in [0.2, 0.25) is 0 Å². The molecule has 0 atom stereocenters. The number of hydrogen-bond acceptors (Lipinski definition) is 6. The van der Waals surface area contributed by atoms with Crippen LogP contribution in [0.25, 0.3) is 6.08 Å². The van der Waals surface area contributed by atoms with Crippen molar-refractivity contribution in [3.8, 4) is 11.5 Å². The molecule has 146 valence electrons. The summed E-state index contributed by atoms with van der Waals surface area (Å²) in [6.07, 6.45) is 3.78. The topological polar surface area (TPSA) is 120 Å². The molecule has 9 nitrogen and oxygen atoms in total. The lowest BCUT2D eigenvalue weighted by atomic mass is 10.2. The van der Waals surface area contributed by atoms with Gasteiger partial charge >= 0.3 is 0 Å². The number of rotatable bonds is 7. The number of carbonyl (C=O) groups is 2.